The Morgan fingerprint density at radius 2 is 2.11 bits per heavy atom. The van der Waals surface area contributed by atoms with Gasteiger partial charge in [0.15, 0.2) is 0 Å². The summed E-state index contributed by atoms with van der Waals surface area (Å²) in [5, 5.41) is 9.22. The van der Waals surface area contributed by atoms with Gasteiger partial charge in [0.2, 0.25) is 0 Å². The third-order valence-corrected chi connectivity index (χ3v) is 1.83. The van der Waals surface area contributed by atoms with Gasteiger partial charge in [-0.15, -0.1) is 0 Å². The molecule has 2 heteroatoms. The van der Waals surface area contributed by atoms with Crippen molar-refractivity contribution in [2.45, 2.75) is 32.5 Å². The van der Waals surface area contributed by atoms with Crippen LogP contribution in [-0.2, 0) is 4.74 Å². The standard InChI is InChI=1S/C7H14O2/c1-5-3-7(8)6(2)9-4-5/h5-8H,3-4H2,1-2H3. The highest BCUT2D eigenvalue weighted by Gasteiger charge is 2.23. The second-order valence-corrected chi connectivity index (χ2v) is 2.95. The van der Waals surface area contributed by atoms with Crippen molar-refractivity contribution in [3.8, 4) is 0 Å². The van der Waals surface area contributed by atoms with Crippen molar-refractivity contribution < 1.29 is 9.84 Å². The molecule has 0 aliphatic carbocycles. The molecule has 9 heavy (non-hydrogen) atoms. The largest absolute Gasteiger partial charge is 0.390 e. The maximum Gasteiger partial charge on any atom is 0.0806 e. The van der Waals surface area contributed by atoms with E-state index in [2.05, 4.69) is 6.92 Å². The van der Waals surface area contributed by atoms with Crippen LogP contribution in [0.5, 0.6) is 0 Å². The van der Waals surface area contributed by atoms with Crippen molar-refractivity contribution in [1.29, 1.82) is 0 Å². The molecule has 2 nitrogen and oxygen atoms in total. The zero-order valence-corrected chi connectivity index (χ0v) is 6.00. The molecule has 0 radical (unpaired) electrons. The van der Waals surface area contributed by atoms with Crippen LogP contribution in [-0.4, -0.2) is 23.9 Å². The molecule has 3 unspecified atom stereocenters. The summed E-state index contributed by atoms with van der Waals surface area (Å²) < 4.78 is 5.25. The molecule has 0 aromatic carbocycles. The zero-order chi connectivity index (χ0) is 6.85. The van der Waals surface area contributed by atoms with E-state index in [1.54, 1.807) is 0 Å². The second kappa shape index (κ2) is 2.67. The second-order valence-electron chi connectivity index (χ2n) is 2.95. The van der Waals surface area contributed by atoms with Crippen LogP contribution in [0.4, 0.5) is 0 Å². The van der Waals surface area contributed by atoms with Crippen LogP contribution in [0.1, 0.15) is 20.3 Å². The van der Waals surface area contributed by atoms with Gasteiger partial charge in [-0.1, -0.05) is 6.92 Å². The minimum atomic E-state index is -0.242. The van der Waals surface area contributed by atoms with Crippen molar-refractivity contribution >= 4 is 0 Å². The van der Waals surface area contributed by atoms with Gasteiger partial charge in [-0.2, -0.15) is 0 Å². The third-order valence-electron chi connectivity index (χ3n) is 1.83. The molecule has 0 saturated carbocycles. The summed E-state index contributed by atoms with van der Waals surface area (Å²) in [6.07, 6.45) is 0.691. The molecular formula is C7H14O2. The van der Waals surface area contributed by atoms with Gasteiger partial charge in [0.1, 0.15) is 0 Å². The number of hydrogen-bond donors (Lipinski definition) is 1. The van der Waals surface area contributed by atoms with E-state index >= 15 is 0 Å². The Kier molecular flexibility index (Phi) is 2.09. The Balaban J connectivity index is 2.35. The monoisotopic (exact) mass is 130 g/mol. The SMILES string of the molecule is CC1COC(C)C(O)C1. The van der Waals surface area contributed by atoms with Gasteiger partial charge in [0, 0.05) is 6.61 Å². The van der Waals surface area contributed by atoms with Crippen LogP contribution >= 0.6 is 0 Å². The topological polar surface area (TPSA) is 29.5 Å². The fourth-order valence-electron chi connectivity index (χ4n) is 1.10. The molecule has 1 fully saturated rings. The average Bonchev–Trinajstić information content (AvgIpc) is 1.80. The van der Waals surface area contributed by atoms with Crippen LogP contribution in [0.15, 0.2) is 0 Å². The van der Waals surface area contributed by atoms with Crippen molar-refractivity contribution in [1.82, 2.24) is 0 Å². The first-order valence-electron chi connectivity index (χ1n) is 3.50. The number of ether oxygens (including phenoxy) is 1. The Hall–Kier alpha value is -0.0800. The van der Waals surface area contributed by atoms with E-state index < -0.39 is 0 Å². The van der Waals surface area contributed by atoms with Gasteiger partial charge in [0.25, 0.3) is 0 Å². The molecule has 0 amide bonds. The smallest absolute Gasteiger partial charge is 0.0806 e. The van der Waals surface area contributed by atoms with E-state index in [-0.39, 0.29) is 12.2 Å². The highest BCUT2D eigenvalue weighted by molar-refractivity contribution is 4.72. The van der Waals surface area contributed by atoms with Crippen molar-refractivity contribution in [3.63, 3.8) is 0 Å². The van der Waals surface area contributed by atoms with Gasteiger partial charge >= 0.3 is 0 Å². The fraction of sp³-hybridized carbons (Fsp3) is 1.00. The molecule has 1 aliphatic heterocycles. The number of aliphatic hydroxyl groups excluding tert-OH is 1. The van der Waals surface area contributed by atoms with Gasteiger partial charge in [-0.3, -0.25) is 0 Å². The van der Waals surface area contributed by atoms with Crippen molar-refractivity contribution in [2.24, 2.45) is 5.92 Å². The lowest BCUT2D eigenvalue weighted by atomic mass is 9.98. The van der Waals surface area contributed by atoms with Gasteiger partial charge in [0.05, 0.1) is 12.2 Å². The maximum absolute atomic E-state index is 9.22. The molecule has 1 rings (SSSR count). The first-order chi connectivity index (χ1) is 4.20. The molecule has 1 aliphatic rings. The van der Waals surface area contributed by atoms with Crippen LogP contribution in [0, 0.1) is 5.92 Å². The lowest BCUT2D eigenvalue weighted by molar-refractivity contribution is -0.0851. The molecule has 3 atom stereocenters. The highest BCUT2D eigenvalue weighted by Crippen LogP contribution is 2.17. The van der Waals surface area contributed by atoms with Gasteiger partial charge in [-0.25, -0.2) is 0 Å². The van der Waals surface area contributed by atoms with Crippen molar-refractivity contribution in [3.05, 3.63) is 0 Å². The van der Waals surface area contributed by atoms with E-state index in [1.807, 2.05) is 6.92 Å². The molecule has 1 saturated heterocycles. The quantitative estimate of drug-likeness (QED) is 0.525. The van der Waals surface area contributed by atoms with Crippen LogP contribution in [0.3, 0.4) is 0 Å². The van der Waals surface area contributed by atoms with Gasteiger partial charge in [-0.05, 0) is 19.3 Å². The lowest BCUT2D eigenvalue weighted by Crippen LogP contribution is -2.35. The van der Waals surface area contributed by atoms with Crippen LogP contribution in [0.25, 0.3) is 0 Å². The van der Waals surface area contributed by atoms with E-state index in [1.165, 1.54) is 0 Å². The molecule has 0 aromatic rings. The Bertz CT molecular complexity index is 92.9. The fourth-order valence-corrected chi connectivity index (χ4v) is 1.10. The number of hydrogen-bond acceptors (Lipinski definition) is 2. The third kappa shape index (κ3) is 1.66. The Morgan fingerprint density at radius 3 is 2.56 bits per heavy atom. The predicted octanol–water partition coefficient (Wildman–Crippen LogP) is 0.792. The Labute approximate surface area is 55.8 Å². The summed E-state index contributed by atoms with van der Waals surface area (Å²) >= 11 is 0. The van der Waals surface area contributed by atoms with E-state index in [4.69, 9.17) is 4.74 Å². The lowest BCUT2D eigenvalue weighted by Gasteiger charge is -2.28. The summed E-state index contributed by atoms with van der Waals surface area (Å²) in [6.45, 7) is 4.81. The first-order valence-corrected chi connectivity index (χ1v) is 3.50. The molecule has 1 N–H and O–H groups in total. The maximum atomic E-state index is 9.22. The van der Waals surface area contributed by atoms with E-state index in [0.717, 1.165) is 13.0 Å². The minimum Gasteiger partial charge on any atom is -0.390 e. The first kappa shape index (κ1) is 7.03. The van der Waals surface area contributed by atoms with E-state index in [9.17, 15) is 5.11 Å². The summed E-state index contributed by atoms with van der Waals surface area (Å²) in [4.78, 5) is 0. The number of aliphatic hydroxyl groups is 1. The number of rotatable bonds is 0. The molecule has 0 spiro atoms. The summed E-state index contributed by atoms with van der Waals surface area (Å²) in [6, 6.07) is 0. The molecular weight excluding hydrogens is 116 g/mol. The van der Waals surface area contributed by atoms with Crippen LogP contribution < -0.4 is 0 Å². The molecule has 0 aromatic heterocycles. The normalized spacial score (nSPS) is 45.0. The zero-order valence-electron chi connectivity index (χ0n) is 6.00. The summed E-state index contributed by atoms with van der Waals surface area (Å²) in [5.41, 5.74) is 0. The minimum absolute atomic E-state index is 0.0428. The predicted molar refractivity (Wildman–Crippen MR) is 35.2 cm³/mol. The van der Waals surface area contributed by atoms with E-state index in [0.29, 0.717) is 5.92 Å². The molecule has 1 heterocycles. The van der Waals surface area contributed by atoms with Crippen LogP contribution in [0.2, 0.25) is 0 Å². The van der Waals surface area contributed by atoms with Crippen molar-refractivity contribution in [2.75, 3.05) is 6.61 Å². The average molecular weight is 130 g/mol. The molecule has 0 bridgehead atoms. The molecule has 54 valence electrons. The Morgan fingerprint density at radius 1 is 1.44 bits per heavy atom. The summed E-state index contributed by atoms with van der Waals surface area (Å²) in [5.74, 6) is 0.524. The highest BCUT2D eigenvalue weighted by atomic mass is 16.5. The summed E-state index contributed by atoms with van der Waals surface area (Å²) in [7, 11) is 0. The van der Waals surface area contributed by atoms with Gasteiger partial charge < -0.3 is 9.84 Å².